The molecule has 0 atom stereocenters. The lowest BCUT2D eigenvalue weighted by Crippen LogP contribution is -2.15. The van der Waals surface area contributed by atoms with E-state index in [4.69, 9.17) is 11.6 Å². The third-order valence-electron chi connectivity index (χ3n) is 4.91. The topological polar surface area (TPSA) is 85.6 Å². The summed E-state index contributed by atoms with van der Waals surface area (Å²) in [5, 5.41) is 12.8. The van der Waals surface area contributed by atoms with E-state index >= 15 is 0 Å². The molecule has 2 aromatic carbocycles. The molecule has 0 aliphatic carbocycles. The maximum absolute atomic E-state index is 12.8. The van der Waals surface area contributed by atoms with E-state index in [0.29, 0.717) is 26.9 Å². The van der Waals surface area contributed by atoms with E-state index in [9.17, 15) is 18.0 Å². The second kappa shape index (κ2) is 11.5. The highest BCUT2D eigenvalue weighted by Crippen LogP contribution is 2.30. The monoisotopic (exact) mass is 564 g/mol. The molecule has 0 unspecified atom stereocenters. The van der Waals surface area contributed by atoms with Gasteiger partial charge in [0, 0.05) is 27.8 Å². The molecule has 0 aliphatic heterocycles. The van der Waals surface area contributed by atoms with E-state index in [2.05, 4.69) is 25.5 Å². The van der Waals surface area contributed by atoms with Crippen LogP contribution in [0.5, 0.6) is 0 Å². The second-order valence-corrected chi connectivity index (χ2v) is 10.2. The summed E-state index contributed by atoms with van der Waals surface area (Å²) in [5.74, 6) is 0.632. The summed E-state index contributed by atoms with van der Waals surface area (Å²) in [7, 11) is 0. The predicted molar refractivity (Wildman–Crippen MR) is 138 cm³/mol. The van der Waals surface area contributed by atoms with Gasteiger partial charge in [-0.05, 0) is 68.4 Å². The van der Waals surface area contributed by atoms with Gasteiger partial charge in [0.1, 0.15) is 5.82 Å². The maximum Gasteiger partial charge on any atom is 0.416 e. The Morgan fingerprint density at radius 3 is 2.24 bits per heavy atom. The van der Waals surface area contributed by atoms with Crippen molar-refractivity contribution in [2.75, 3.05) is 11.1 Å². The van der Waals surface area contributed by atoms with Crippen molar-refractivity contribution in [1.29, 1.82) is 0 Å². The highest BCUT2D eigenvalue weighted by atomic mass is 35.5. The van der Waals surface area contributed by atoms with Gasteiger partial charge in [-0.3, -0.25) is 9.36 Å². The Labute approximate surface area is 224 Å². The van der Waals surface area contributed by atoms with Crippen LogP contribution in [0.4, 0.5) is 18.9 Å². The molecule has 1 N–H and O–H groups in total. The summed E-state index contributed by atoms with van der Waals surface area (Å²) in [6, 6.07) is 13.3. The number of halogens is 4. The van der Waals surface area contributed by atoms with Crippen molar-refractivity contribution in [3.05, 3.63) is 82.4 Å². The first-order valence-electron chi connectivity index (χ1n) is 10.8. The number of rotatable bonds is 8. The van der Waals surface area contributed by atoms with Gasteiger partial charge in [-0.2, -0.15) is 13.2 Å². The molecule has 0 saturated carbocycles. The van der Waals surface area contributed by atoms with E-state index in [-0.39, 0.29) is 11.4 Å². The maximum atomic E-state index is 12.8. The molecular weight excluding hydrogens is 545 g/mol. The SMILES string of the molecule is Cc1cc(C)nc(SCc2nnc(SCC(=O)Nc3ccc(C(F)(F)F)cc3)n2-c2ccc(Cl)cc2)n1. The van der Waals surface area contributed by atoms with Crippen LogP contribution in [0, 0.1) is 13.8 Å². The number of carbonyl (C=O) groups is 1. The zero-order chi connectivity index (χ0) is 26.6. The van der Waals surface area contributed by atoms with Crippen molar-refractivity contribution in [3.8, 4) is 5.69 Å². The Kier molecular flexibility index (Phi) is 8.40. The fourth-order valence-electron chi connectivity index (χ4n) is 3.29. The normalized spacial score (nSPS) is 11.5. The fraction of sp³-hybridized carbons (Fsp3) is 0.208. The minimum absolute atomic E-state index is 0.0277. The summed E-state index contributed by atoms with van der Waals surface area (Å²) in [4.78, 5) is 21.4. The van der Waals surface area contributed by atoms with E-state index < -0.39 is 17.6 Å². The molecule has 37 heavy (non-hydrogen) atoms. The first-order chi connectivity index (χ1) is 17.6. The number of hydrogen-bond acceptors (Lipinski definition) is 7. The molecular formula is C24H20ClF3N6OS2. The Hall–Kier alpha value is -3.09. The average Bonchev–Trinajstić information content (AvgIpc) is 3.24. The molecule has 2 heterocycles. The third-order valence-corrected chi connectivity index (χ3v) is 6.93. The number of benzene rings is 2. The molecule has 0 fully saturated rings. The molecule has 0 spiro atoms. The molecule has 7 nitrogen and oxygen atoms in total. The number of thioether (sulfide) groups is 2. The van der Waals surface area contributed by atoms with Gasteiger partial charge in [-0.15, -0.1) is 10.2 Å². The summed E-state index contributed by atoms with van der Waals surface area (Å²) >= 11 is 8.62. The van der Waals surface area contributed by atoms with Crippen molar-refractivity contribution >= 4 is 46.7 Å². The van der Waals surface area contributed by atoms with Crippen LogP contribution in [0.1, 0.15) is 22.8 Å². The molecule has 4 rings (SSSR count). The summed E-state index contributed by atoms with van der Waals surface area (Å²) in [6.45, 7) is 3.80. The number of nitrogens with zero attached hydrogens (tertiary/aromatic N) is 5. The van der Waals surface area contributed by atoms with Crippen LogP contribution < -0.4 is 5.32 Å². The number of anilines is 1. The Balaban J connectivity index is 1.48. The molecule has 192 valence electrons. The number of amides is 1. The van der Waals surface area contributed by atoms with Gasteiger partial charge in [0.25, 0.3) is 0 Å². The van der Waals surface area contributed by atoms with Crippen LogP contribution in [-0.2, 0) is 16.7 Å². The van der Waals surface area contributed by atoms with Crippen molar-refractivity contribution < 1.29 is 18.0 Å². The third kappa shape index (κ3) is 7.24. The lowest BCUT2D eigenvalue weighted by Gasteiger charge is -2.11. The van der Waals surface area contributed by atoms with Gasteiger partial charge in [0.15, 0.2) is 10.3 Å². The van der Waals surface area contributed by atoms with Gasteiger partial charge in [-0.1, -0.05) is 35.1 Å². The highest BCUT2D eigenvalue weighted by molar-refractivity contribution is 7.99. The minimum atomic E-state index is -4.44. The Morgan fingerprint density at radius 1 is 0.973 bits per heavy atom. The zero-order valence-corrected chi connectivity index (χ0v) is 22.0. The first kappa shape index (κ1) is 27.0. The van der Waals surface area contributed by atoms with E-state index in [1.807, 2.05) is 36.6 Å². The van der Waals surface area contributed by atoms with E-state index in [1.54, 1.807) is 12.1 Å². The molecule has 0 bridgehead atoms. The van der Waals surface area contributed by atoms with Crippen molar-refractivity contribution in [1.82, 2.24) is 24.7 Å². The summed E-state index contributed by atoms with van der Waals surface area (Å²) < 4.78 is 40.1. The van der Waals surface area contributed by atoms with Crippen molar-refractivity contribution in [2.45, 2.75) is 36.1 Å². The standard InChI is InChI=1S/C24H20ClF3N6OS2/c1-14-11-15(2)30-22(29-14)36-12-20-32-33-23(34(20)19-9-5-17(25)6-10-19)37-13-21(35)31-18-7-3-16(4-8-18)24(26,27)28/h3-11H,12-13H2,1-2H3,(H,31,35). The smallest absolute Gasteiger partial charge is 0.325 e. The van der Waals surface area contributed by atoms with Crippen LogP contribution in [-0.4, -0.2) is 36.4 Å². The van der Waals surface area contributed by atoms with E-state index in [0.717, 1.165) is 41.0 Å². The molecule has 2 aromatic heterocycles. The Bertz CT molecular complexity index is 1380. The number of hydrogen-bond donors (Lipinski definition) is 1. The number of alkyl halides is 3. The lowest BCUT2D eigenvalue weighted by atomic mass is 10.2. The highest BCUT2D eigenvalue weighted by Gasteiger charge is 2.30. The number of aromatic nitrogens is 5. The zero-order valence-electron chi connectivity index (χ0n) is 19.6. The number of nitrogens with one attached hydrogen (secondary N) is 1. The van der Waals surface area contributed by atoms with Crippen molar-refractivity contribution in [3.63, 3.8) is 0 Å². The van der Waals surface area contributed by atoms with Crippen LogP contribution in [0.25, 0.3) is 5.69 Å². The van der Waals surface area contributed by atoms with Crippen molar-refractivity contribution in [2.24, 2.45) is 0 Å². The van der Waals surface area contributed by atoms with Crippen LogP contribution in [0.2, 0.25) is 5.02 Å². The molecule has 0 saturated heterocycles. The van der Waals surface area contributed by atoms with Gasteiger partial charge in [-0.25, -0.2) is 9.97 Å². The Morgan fingerprint density at radius 2 is 1.62 bits per heavy atom. The predicted octanol–water partition coefficient (Wildman–Crippen LogP) is 6.37. The van der Waals surface area contributed by atoms with Crippen LogP contribution in [0.3, 0.4) is 0 Å². The number of carbonyl (C=O) groups excluding carboxylic acids is 1. The van der Waals surface area contributed by atoms with Crippen LogP contribution in [0.15, 0.2) is 64.9 Å². The molecule has 0 aliphatic rings. The number of aryl methyl sites for hydroxylation is 2. The second-order valence-electron chi connectivity index (χ2n) is 7.84. The van der Waals surface area contributed by atoms with E-state index in [1.165, 1.54) is 23.9 Å². The fourth-order valence-corrected chi connectivity index (χ4v) is 5.05. The minimum Gasteiger partial charge on any atom is -0.325 e. The molecule has 1 amide bonds. The van der Waals surface area contributed by atoms with Crippen LogP contribution >= 0.6 is 35.1 Å². The molecule has 0 radical (unpaired) electrons. The first-order valence-corrected chi connectivity index (χ1v) is 13.2. The average molecular weight is 565 g/mol. The largest absolute Gasteiger partial charge is 0.416 e. The van der Waals surface area contributed by atoms with Gasteiger partial charge in [0.05, 0.1) is 17.1 Å². The lowest BCUT2D eigenvalue weighted by molar-refractivity contribution is -0.137. The molecule has 13 heteroatoms. The van der Waals surface area contributed by atoms with Gasteiger partial charge < -0.3 is 5.32 Å². The summed E-state index contributed by atoms with van der Waals surface area (Å²) in [5.41, 5.74) is 1.97. The van der Waals surface area contributed by atoms with Gasteiger partial charge in [0.2, 0.25) is 5.91 Å². The molecule has 4 aromatic rings. The quantitative estimate of drug-likeness (QED) is 0.197. The summed E-state index contributed by atoms with van der Waals surface area (Å²) in [6.07, 6.45) is -4.44. The van der Waals surface area contributed by atoms with Gasteiger partial charge >= 0.3 is 6.18 Å².